The van der Waals surface area contributed by atoms with Gasteiger partial charge in [0.1, 0.15) is 29.5 Å². The van der Waals surface area contributed by atoms with Gasteiger partial charge >= 0.3 is 0 Å². The first-order chi connectivity index (χ1) is 20.0. The van der Waals surface area contributed by atoms with Gasteiger partial charge in [-0.05, 0) is 92.2 Å². The number of pyridine rings is 1. The van der Waals surface area contributed by atoms with Gasteiger partial charge in [-0.1, -0.05) is 12.1 Å². The van der Waals surface area contributed by atoms with Crippen molar-refractivity contribution in [2.75, 3.05) is 31.5 Å². The summed E-state index contributed by atoms with van der Waals surface area (Å²) in [6.07, 6.45) is 3.24. The molecule has 3 N–H and O–H groups in total. The molecule has 226 valence electrons. The normalized spacial score (nSPS) is 17.4. The number of amides is 1. The van der Waals surface area contributed by atoms with Crippen LogP contribution in [0.5, 0.6) is 11.5 Å². The molecule has 11 heteroatoms. The van der Waals surface area contributed by atoms with Crippen molar-refractivity contribution in [2.45, 2.75) is 25.0 Å². The molecule has 7 nitrogen and oxygen atoms in total. The molecule has 0 saturated carbocycles. The van der Waals surface area contributed by atoms with Crippen LogP contribution in [0.15, 0.2) is 79.0 Å². The van der Waals surface area contributed by atoms with Crippen LogP contribution in [0.2, 0.25) is 0 Å². The average Bonchev–Trinajstić information content (AvgIpc) is 3.70. The Balaban J connectivity index is 0.00000212. The summed E-state index contributed by atoms with van der Waals surface area (Å²) in [5.41, 5.74) is 3.79. The Morgan fingerprint density at radius 1 is 0.767 bits per heavy atom. The minimum absolute atomic E-state index is 0. The van der Waals surface area contributed by atoms with E-state index in [-0.39, 0.29) is 48.7 Å². The zero-order valence-electron chi connectivity index (χ0n) is 23.1. The van der Waals surface area contributed by atoms with Crippen molar-refractivity contribution < 1.29 is 23.0 Å². The lowest BCUT2D eigenvalue weighted by atomic mass is 10.0. The van der Waals surface area contributed by atoms with Gasteiger partial charge in [0.05, 0.1) is 0 Å². The standard InChI is InChI=1S/C32H30F2N4O3.2ClH/c33-23-5-1-20(2-6-23)28-16-24(7-9-30(28)41-26-12-14-36-19-26)38-32(39)21-3-8-29(40-25-11-13-35-18-25)27(15-21)22-4-10-31(34)37-17-22;;/h1-10,15-17,25-26,35-36H,11-14,18-19H2,(H,38,39);2*1H/t25-,26-;;/m0../s1. The Morgan fingerprint density at radius 3 is 1.95 bits per heavy atom. The molecule has 43 heavy (non-hydrogen) atoms. The summed E-state index contributed by atoms with van der Waals surface area (Å²) in [6, 6.07) is 19.7. The number of ether oxygens (including phenoxy) is 2. The van der Waals surface area contributed by atoms with Gasteiger partial charge in [-0.2, -0.15) is 4.39 Å². The van der Waals surface area contributed by atoms with Crippen LogP contribution in [0, 0.1) is 11.8 Å². The van der Waals surface area contributed by atoms with Gasteiger partial charge in [-0.15, -0.1) is 24.8 Å². The topological polar surface area (TPSA) is 84.5 Å². The van der Waals surface area contributed by atoms with E-state index in [4.69, 9.17) is 9.47 Å². The number of anilines is 1. The first kappa shape index (κ1) is 32.2. The molecule has 1 amide bonds. The van der Waals surface area contributed by atoms with E-state index in [1.165, 1.54) is 24.4 Å². The molecule has 2 fully saturated rings. The Morgan fingerprint density at radius 2 is 1.37 bits per heavy atom. The van der Waals surface area contributed by atoms with Crippen molar-refractivity contribution in [1.29, 1.82) is 0 Å². The number of carbonyl (C=O) groups is 1. The van der Waals surface area contributed by atoms with Gasteiger partial charge in [0, 0.05) is 47.2 Å². The monoisotopic (exact) mass is 628 g/mol. The van der Waals surface area contributed by atoms with Gasteiger partial charge < -0.3 is 25.4 Å². The molecule has 0 radical (unpaired) electrons. The lowest BCUT2D eigenvalue weighted by Gasteiger charge is -2.18. The van der Waals surface area contributed by atoms with Crippen molar-refractivity contribution in [3.63, 3.8) is 0 Å². The molecule has 3 aromatic carbocycles. The van der Waals surface area contributed by atoms with Crippen LogP contribution >= 0.6 is 24.8 Å². The number of rotatable bonds is 8. The van der Waals surface area contributed by atoms with Crippen LogP contribution in [-0.4, -0.2) is 49.3 Å². The number of carbonyl (C=O) groups excluding carboxylic acids is 1. The van der Waals surface area contributed by atoms with Crippen molar-refractivity contribution >= 4 is 36.4 Å². The summed E-state index contributed by atoms with van der Waals surface area (Å²) in [5, 5.41) is 9.54. The Hall–Kier alpha value is -3.76. The molecule has 2 atom stereocenters. The molecule has 0 bridgehead atoms. The van der Waals surface area contributed by atoms with Crippen molar-refractivity contribution in [2.24, 2.45) is 0 Å². The number of aromatic nitrogens is 1. The highest BCUT2D eigenvalue weighted by molar-refractivity contribution is 6.05. The number of nitrogens with zero attached hydrogens (tertiary/aromatic N) is 1. The molecular formula is C32H32Cl2F2N4O3. The molecule has 2 saturated heterocycles. The van der Waals surface area contributed by atoms with E-state index in [1.807, 2.05) is 12.1 Å². The largest absolute Gasteiger partial charge is 0.488 e. The third kappa shape index (κ3) is 7.80. The minimum atomic E-state index is -0.585. The van der Waals surface area contributed by atoms with Gasteiger partial charge in [0.15, 0.2) is 0 Å². The fourth-order valence-corrected chi connectivity index (χ4v) is 5.12. The van der Waals surface area contributed by atoms with Crippen LogP contribution in [0.3, 0.4) is 0 Å². The summed E-state index contributed by atoms with van der Waals surface area (Å²) in [5.74, 6) is 0.0275. The number of hydrogen-bond acceptors (Lipinski definition) is 6. The van der Waals surface area contributed by atoms with E-state index in [0.29, 0.717) is 33.9 Å². The predicted octanol–water partition coefficient (Wildman–Crippen LogP) is 6.27. The Bertz CT molecular complexity index is 1530. The first-order valence-electron chi connectivity index (χ1n) is 13.7. The molecular weight excluding hydrogens is 597 g/mol. The molecule has 3 heterocycles. The molecule has 1 aromatic heterocycles. The highest BCUT2D eigenvalue weighted by Gasteiger charge is 2.21. The van der Waals surface area contributed by atoms with Crippen LogP contribution in [-0.2, 0) is 0 Å². The average molecular weight is 630 g/mol. The highest BCUT2D eigenvalue weighted by Crippen LogP contribution is 2.35. The summed E-state index contributed by atoms with van der Waals surface area (Å²) in [4.78, 5) is 17.2. The highest BCUT2D eigenvalue weighted by atomic mass is 35.5. The SMILES string of the molecule is Cl.Cl.O=C(Nc1ccc(O[C@H]2CCNC2)c(-c2ccc(F)cc2)c1)c1ccc(O[C@H]2CCNC2)c(-c2ccc(F)nc2)c1. The quantitative estimate of drug-likeness (QED) is 0.199. The summed E-state index contributed by atoms with van der Waals surface area (Å²) in [7, 11) is 0. The summed E-state index contributed by atoms with van der Waals surface area (Å²) in [6.45, 7) is 3.25. The minimum Gasteiger partial charge on any atom is -0.488 e. The third-order valence-electron chi connectivity index (χ3n) is 7.29. The van der Waals surface area contributed by atoms with E-state index < -0.39 is 5.95 Å². The Kier molecular flexibility index (Phi) is 10.9. The van der Waals surface area contributed by atoms with Crippen molar-refractivity contribution in [1.82, 2.24) is 15.6 Å². The van der Waals surface area contributed by atoms with E-state index >= 15 is 0 Å². The molecule has 2 aliphatic heterocycles. The van der Waals surface area contributed by atoms with Crippen LogP contribution in [0.1, 0.15) is 23.2 Å². The smallest absolute Gasteiger partial charge is 0.255 e. The van der Waals surface area contributed by atoms with Crippen molar-refractivity contribution in [3.8, 4) is 33.8 Å². The zero-order valence-corrected chi connectivity index (χ0v) is 24.8. The van der Waals surface area contributed by atoms with Crippen LogP contribution in [0.4, 0.5) is 14.5 Å². The van der Waals surface area contributed by atoms with Crippen LogP contribution in [0.25, 0.3) is 22.3 Å². The number of hydrogen-bond donors (Lipinski definition) is 3. The van der Waals surface area contributed by atoms with E-state index in [2.05, 4.69) is 20.9 Å². The lowest BCUT2D eigenvalue weighted by molar-refractivity contribution is 0.102. The second kappa shape index (κ2) is 14.6. The zero-order chi connectivity index (χ0) is 28.2. The first-order valence-corrected chi connectivity index (χ1v) is 13.7. The van der Waals surface area contributed by atoms with E-state index in [1.54, 1.807) is 42.5 Å². The molecule has 0 aliphatic carbocycles. The predicted molar refractivity (Wildman–Crippen MR) is 168 cm³/mol. The molecule has 6 rings (SSSR count). The maximum absolute atomic E-state index is 13.7. The molecule has 0 unspecified atom stereocenters. The van der Waals surface area contributed by atoms with Crippen molar-refractivity contribution in [3.05, 3.63) is 96.3 Å². The second-order valence-electron chi connectivity index (χ2n) is 10.2. The van der Waals surface area contributed by atoms with E-state index in [0.717, 1.165) is 50.1 Å². The summed E-state index contributed by atoms with van der Waals surface area (Å²) >= 11 is 0. The van der Waals surface area contributed by atoms with E-state index in [9.17, 15) is 13.6 Å². The van der Waals surface area contributed by atoms with Gasteiger partial charge in [-0.25, -0.2) is 9.37 Å². The Labute approximate surface area is 261 Å². The lowest BCUT2D eigenvalue weighted by Crippen LogP contribution is -2.20. The maximum Gasteiger partial charge on any atom is 0.255 e. The summed E-state index contributed by atoms with van der Waals surface area (Å²) < 4.78 is 39.7. The van der Waals surface area contributed by atoms with Crippen LogP contribution < -0.4 is 25.4 Å². The van der Waals surface area contributed by atoms with Gasteiger partial charge in [0.25, 0.3) is 5.91 Å². The fourth-order valence-electron chi connectivity index (χ4n) is 5.12. The fraction of sp³-hybridized carbons (Fsp3) is 0.250. The number of nitrogens with one attached hydrogen (secondary N) is 3. The second-order valence-corrected chi connectivity index (χ2v) is 10.2. The van der Waals surface area contributed by atoms with Gasteiger partial charge in [0.2, 0.25) is 5.95 Å². The van der Waals surface area contributed by atoms with Gasteiger partial charge in [-0.3, -0.25) is 4.79 Å². The maximum atomic E-state index is 13.7. The number of halogens is 4. The number of benzene rings is 3. The molecule has 4 aromatic rings. The molecule has 2 aliphatic rings. The molecule has 0 spiro atoms. The third-order valence-corrected chi connectivity index (χ3v) is 7.29.